The highest BCUT2D eigenvalue weighted by molar-refractivity contribution is 5.94. The third-order valence-corrected chi connectivity index (χ3v) is 4.36. The second kappa shape index (κ2) is 7.23. The summed E-state index contributed by atoms with van der Waals surface area (Å²) in [5, 5.41) is 2.98. The van der Waals surface area contributed by atoms with E-state index in [-0.39, 0.29) is 5.91 Å². The van der Waals surface area contributed by atoms with Crippen molar-refractivity contribution in [3.05, 3.63) is 102 Å². The van der Waals surface area contributed by atoms with Gasteiger partial charge in [0.05, 0.1) is 17.6 Å². The van der Waals surface area contributed by atoms with Gasteiger partial charge in [-0.3, -0.25) is 4.79 Å². The van der Waals surface area contributed by atoms with Gasteiger partial charge in [0.1, 0.15) is 5.82 Å². The zero-order chi connectivity index (χ0) is 17.8. The third-order valence-electron chi connectivity index (χ3n) is 4.36. The van der Waals surface area contributed by atoms with Crippen molar-refractivity contribution in [2.45, 2.75) is 13.1 Å². The van der Waals surface area contributed by atoms with Crippen LogP contribution in [0.25, 0.3) is 11.0 Å². The fourth-order valence-corrected chi connectivity index (χ4v) is 3.05. The minimum atomic E-state index is -0.0936. The van der Waals surface area contributed by atoms with Gasteiger partial charge in [0, 0.05) is 12.1 Å². The fourth-order valence-electron chi connectivity index (χ4n) is 3.05. The summed E-state index contributed by atoms with van der Waals surface area (Å²) in [6.07, 6.45) is 0. The Bertz CT molecular complexity index is 1020. The van der Waals surface area contributed by atoms with Crippen molar-refractivity contribution >= 4 is 16.9 Å². The molecule has 1 amide bonds. The Morgan fingerprint density at radius 3 is 2.27 bits per heavy atom. The summed E-state index contributed by atoms with van der Waals surface area (Å²) in [6, 6.07) is 27.6. The molecule has 0 aliphatic carbocycles. The Labute approximate surface area is 152 Å². The number of amides is 1. The van der Waals surface area contributed by atoms with Crippen molar-refractivity contribution in [3.8, 4) is 0 Å². The predicted molar refractivity (Wildman–Crippen MR) is 103 cm³/mol. The van der Waals surface area contributed by atoms with Crippen LogP contribution in [0, 0.1) is 0 Å². The van der Waals surface area contributed by atoms with E-state index in [2.05, 4.69) is 28.1 Å². The SMILES string of the molecule is O=C(NCc1nc2ccccc2n1Cc1ccccc1)c1ccccc1. The van der Waals surface area contributed by atoms with Crippen molar-refractivity contribution < 1.29 is 4.79 Å². The van der Waals surface area contributed by atoms with Gasteiger partial charge in [-0.1, -0.05) is 60.7 Å². The van der Waals surface area contributed by atoms with Crippen LogP contribution in [0.3, 0.4) is 0 Å². The molecule has 4 nitrogen and oxygen atoms in total. The molecule has 1 aromatic heterocycles. The van der Waals surface area contributed by atoms with Crippen molar-refractivity contribution in [2.75, 3.05) is 0 Å². The molecule has 0 atom stereocenters. The molecule has 0 spiro atoms. The topological polar surface area (TPSA) is 46.9 Å². The van der Waals surface area contributed by atoms with Crippen LogP contribution in [0.2, 0.25) is 0 Å². The van der Waals surface area contributed by atoms with E-state index in [1.807, 2.05) is 66.7 Å². The molecule has 1 heterocycles. The second-order valence-electron chi connectivity index (χ2n) is 6.14. The Morgan fingerprint density at radius 1 is 0.846 bits per heavy atom. The molecule has 128 valence electrons. The number of para-hydroxylation sites is 2. The van der Waals surface area contributed by atoms with Crippen LogP contribution in [-0.4, -0.2) is 15.5 Å². The van der Waals surface area contributed by atoms with Crippen molar-refractivity contribution in [1.82, 2.24) is 14.9 Å². The number of aromatic nitrogens is 2. The number of carbonyl (C=O) groups excluding carboxylic acids is 1. The molecule has 4 aromatic rings. The van der Waals surface area contributed by atoms with Crippen LogP contribution < -0.4 is 5.32 Å². The van der Waals surface area contributed by atoms with E-state index >= 15 is 0 Å². The first kappa shape index (κ1) is 16.1. The summed E-state index contributed by atoms with van der Waals surface area (Å²) < 4.78 is 2.16. The van der Waals surface area contributed by atoms with Gasteiger partial charge in [0.15, 0.2) is 0 Å². The average Bonchev–Trinajstić information content (AvgIpc) is 3.05. The molecule has 3 aromatic carbocycles. The van der Waals surface area contributed by atoms with E-state index in [1.54, 1.807) is 0 Å². The van der Waals surface area contributed by atoms with Crippen molar-refractivity contribution in [1.29, 1.82) is 0 Å². The van der Waals surface area contributed by atoms with Gasteiger partial charge in [-0.05, 0) is 29.8 Å². The smallest absolute Gasteiger partial charge is 0.251 e. The molecule has 0 aliphatic rings. The Morgan fingerprint density at radius 2 is 1.50 bits per heavy atom. The van der Waals surface area contributed by atoms with Gasteiger partial charge in [0.25, 0.3) is 5.91 Å². The molecule has 0 saturated heterocycles. The van der Waals surface area contributed by atoms with Gasteiger partial charge in [-0.25, -0.2) is 4.98 Å². The quantitative estimate of drug-likeness (QED) is 0.596. The van der Waals surface area contributed by atoms with E-state index in [4.69, 9.17) is 4.98 Å². The molecule has 4 heteroatoms. The zero-order valence-electron chi connectivity index (χ0n) is 14.3. The maximum absolute atomic E-state index is 12.4. The second-order valence-corrected chi connectivity index (χ2v) is 6.14. The van der Waals surface area contributed by atoms with E-state index in [0.29, 0.717) is 12.1 Å². The fraction of sp³-hybridized carbons (Fsp3) is 0.0909. The first-order valence-corrected chi connectivity index (χ1v) is 8.62. The lowest BCUT2D eigenvalue weighted by Crippen LogP contribution is -2.24. The lowest BCUT2D eigenvalue weighted by Gasteiger charge is -2.10. The molecule has 0 unspecified atom stereocenters. The van der Waals surface area contributed by atoms with E-state index < -0.39 is 0 Å². The number of rotatable bonds is 5. The standard InChI is InChI=1S/C22H19N3O/c26-22(18-11-5-2-6-12-18)23-15-21-24-19-13-7-8-14-20(19)25(21)16-17-9-3-1-4-10-17/h1-14H,15-16H2,(H,23,26). The Balaban J connectivity index is 1.62. The third kappa shape index (κ3) is 3.35. The van der Waals surface area contributed by atoms with Gasteiger partial charge in [-0.2, -0.15) is 0 Å². The number of benzene rings is 3. The molecule has 26 heavy (non-hydrogen) atoms. The first-order valence-electron chi connectivity index (χ1n) is 8.62. The van der Waals surface area contributed by atoms with Crippen LogP contribution in [0.15, 0.2) is 84.9 Å². The number of fused-ring (bicyclic) bond motifs is 1. The molecule has 4 rings (SSSR count). The van der Waals surface area contributed by atoms with Crippen LogP contribution in [0.4, 0.5) is 0 Å². The minimum absolute atomic E-state index is 0.0936. The highest BCUT2D eigenvalue weighted by Gasteiger charge is 2.12. The number of hydrogen-bond acceptors (Lipinski definition) is 2. The van der Waals surface area contributed by atoms with E-state index in [1.165, 1.54) is 5.56 Å². The summed E-state index contributed by atoms with van der Waals surface area (Å²) in [6.45, 7) is 1.10. The normalized spacial score (nSPS) is 10.8. The van der Waals surface area contributed by atoms with Crippen LogP contribution in [0.1, 0.15) is 21.7 Å². The molecular weight excluding hydrogens is 322 g/mol. The average molecular weight is 341 g/mol. The maximum atomic E-state index is 12.4. The first-order chi connectivity index (χ1) is 12.8. The maximum Gasteiger partial charge on any atom is 0.251 e. The van der Waals surface area contributed by atoms with Gasteiger partial charge in [-0.15, -0.1) is 0 Å². The van der Waals surface area contributed by atoms with Crippen molar-refractivity contribution in [2.24, 2.45) is 0 Å². The molecule has 0 radical (unpaired) electrons. The lowest BCUT2D eigenvalue weighted by atomic mass is 10.2. The van der Waals surface area contributed by atoms with Crippen molar-refractivity contribution in [3.63, 3.8) is 0 Å². The molecule has 0 saturated carbocycles. The predicted octanol–water partition coefficient (Wildman–Crippen LogP) is 4.01. The highest BCUT2D eigenvalue weighted by atomic mass is 16.1. The number of hydrogen-bond donors (Lipinski definition) is 1. The summed E-state index contributed by atoms with van der Waals surface area (Å²) in [5.74, 6) is 0.753. The Hall–Kier alpha value is -3.40. The highest BCUT2D eigenvalue weighted by Crippen LogP contribution is 2.18. The number of carbonyl (C=O) groups is 1. The summed E-state index contributed by atoms with van der Waals surface area (Å²) in [5.41, 5.74) is 3.86. The lowest BCUT2D eigenvalue weighted by molar-refractivity contribution is 0.0949. The zero-order valence-corrected chi connectivity index (χ0v) is 14.3. The molecule has 0 bridgehead atoms. The largest absolute Gasteiger partial charge is 0.345 e. The van der Waals surface area contributed by atoms with Crippen LogP contribution in [-0.2, 0) is 13.1 Å². The monoisotopic (exact) mass is 341 g/mol. The van der Waals surface area contributed by atoms with Gasteiger partial charge in [0.2, 0.25) is 0 Å². The van der Waals surface area contributed by atoms with Crippen LogP contribution in [0.5, 0.6) is 0 Å². The van der Waals surface area contributed by atoms with Gasteiger partial charge < -0.3 is 9.88 Å². The molecule has 0 aliphatic heterocycles. The Kier molecular flexibility index (Phi) is 4.48. The number of nitrogens with zero attached hydrogens (tertiary/aromatic N) is 2. The number of nitrogens with one attached hydrogen (secondary N) is 1. The van der Waals surface area contributed by atoms with E-state index in [9.17, 15) is 4.79 Å². The summed E-state index contributed by atoms with van der Waals surface area (Å²) >= 11 is 0. The van der Waals surface area contributed by atoms with Crippen LogP contribution >= 0.6 is 0 Å². The molecule has 1 N–H and O–H groups in total. The molecule has 0 fully saturated rings. The summed E-state index contributed by atoms with van der Waals surface area (Å²) in [7, 11) is 0. The number of imidazole rings is 1. The summed E-state index contributed by atoms with van der Waals surface area (Å²) in [4.78, 5) is 17.1. The molecular formula is C22H19N3O. The van der Waals surface area contributed by atoms with E-state index in [0.717, 1.165) is 23.4 Å². The minimum Gasteiger partial charge on any atom is -0.345 e. The van der Waals surface area contributed by atoms with Gasteiger partial charge >= 0.3 is 0 Å².